The SMILES string of the molecule is OCC(Nc1ccc(F)cc1)c1c(Cl)cccc1Cl. The number of rotatable bonds is 4. The molecule has 1 atom stereocenters. The van der Waals surface area contributed by atoms with Gasteiger partial charge in [-0.1, -0.05) is 29.3 Å². The third-order valence-corrected chi connectivity index (χ3v) is 3.38. The Morgan fingerprint density at radius 2 is 1.63 bits per heavy atom. The van der Waals surface area contributed by atoms with Crippen molar-refractivity contribution in [1.82, 2.24) is 0 Å². The van der Waals surface area contributed by atoms with E-state index in [1.54, 1.807) is 30.3 Å². The molecule has 0 heterocycles. The van der Waals surface area contributed by atoms with Gasteiger partial charge in [-0.05, 0) is 36.4 Å². The molecule has 2 N–H and O–H groups in total. The number of anilines is 1. The van der Waals surface area contributed by atoms with Crippen molar-refractivity contribution in [3.63, 3.8) is 0 Å². The van der Waals surface area contributed by atoms with Crippen molar-refractivity contribution in [2.45, 2.75) is 6.04 Å². The van der Waals surface area contributed by atoms with Crippen LogP contribution in [-0.4, -0.2) is 11.7 Å². The first-order chi connectivity index (χ1) is 9.11. The van der Waals surface area contributed by atoms with E-state index in [2.05, 4.69) is 5.32 Å². The first-order valence-electron chi connectivity index (χ1n) is 5.68. The Hall–Kier alpha value is -1.29. The molecule has 19 heavy (non-hydrogen) atoms. The number of hydrogen-bond acceptors (Lipinski definition) is 2. The molecule has 2 aromatic rings. The van der Waals surface area contributed by atoms with E-state index in [1.165, 1.54) is 12.1 Å². The second kappa shape index (κ2) is 6.24. The van der Waals surface area contributed by atoms with Crippen LogP contribution in [0.2, 0.25) is 10.0 Å². The summed E-state index contributed by atoms with van der Waals surface area (Å²) in [6, 6.07) is 10.5. The summed E-state index contributed by atoms with van der Waals surface area (Å²) in [4.78, 5) is 0. The van der Waals surface area contributed by atoms with Crippen LogP contribution in [0.5, 0.6) is 0 Å². The Morgan fingerprint density at radius 1 is 1.05 bits per heavy atom. The second-order valence-electron chi connectivity index (χ2n) is 4.02. The van der Waals surface area contributed by atoms with Gasteiger partial charge in [-0.15, -0.1) is 0 Å². The summed E-state index contributed by atoms with van der Waals surface area (Å²) in [6.45, 7) is -0.180. The maximum atomic E-state index is 12.8. The highest BCUT2D eigenvalue weighted by Crippen LogP contribution is 2.32. The molecular weight excluding hydrogens is 288 g/mol. The largest absolute Gasteiger partial charge is 0.394 e. The van der Waals surface area contributed by atoms with Crippen molar-refractivity contribution in [2.75, 3.05) is 11.9 Å². The highest BCUT2D eigenvalue weighted by molar-refractivity contribution is 6.36. The molecule has 0 aromatic heterocycles. The van der Waals surface area contributed by atoms with E-state index < -0.39 is 6.04 Å². The molecule has 0 saturated heterocycles. The molecule has 5 heteroatoms. The average Bonchev–Trinajstić information content (AvgIpc) is 2.39. The van der Waals surface area contributed by atoms with Crippen molar-refractivity contribution in [2.24, 2.45) is 0 Å². The number of nitrogens with one attached hydrogen (secondary N) is 1. The lowest BCUT2D eigenvalue weighted by molar-refractivity contribution is 0.276. The maximum Gasteiger partial charge on any atom is 0.123 e. The van der Waals surface area contributed by atoms with Crippen LogP contribution in [0.4, 0.5) is 10.1 Å². The van der Waals surface area contributed by atoms with E-state index in [0.717, 1.165) is 0 Å². The first-order valence-corrected chi connectivity index (χ1v) is 6.44. The zero-order chi connectivity index (χ0) is 13.8. The lowest BCUT2D eigenvalue weighted by Gasteiger charge is -2.20. The van der Waals surface area contributed by atoms with Gasteiger partial charge in [0.25, 0.3) is 0 Å². The number of halogens is 3. The molecule has 2 rings (SSSR count). The van der Waals surface area contributed by atoms with Gasteiger partial charge in [0.15, 0.2) is 0 Å². The molecule has 0 aliphatic carbocycles. The van der Waals surface area contributed by atoms with Gasteiger partial charge in [-0.3, -0.25) is 0 Å². The Morgan fingerprint density at radius 3 is 2.16 bits per heavy atom. The Bertz CT molecular complexity index is 540. The maximum absolute atomic E-state index is 12.8. The molecular formula is C14H12Cl2FNO. The van der Waals surface area contributed by atoms with E-state index in [0.29, 0.717) is 21.3 Å². The highest BCUT2D eigenvalue weighted by atomic mass is 35.5. The van der Waals surface area contributed by atoms with Crippen LogP contribution in [0.3, 0.4) is 0 Å². The lowest BCUT2D eigenvalue weighted by Crippen LogP contribution is -2.15. The Labute approximate surface area is 120 Å². The fourth-order valence-corrected chi connectivity index (χ4v) is 2.46. The number of benzene rings is 2. The number of aliphatic hydroxyl groups excluding tert-OH is 1. The summed E-state index contributed by atoms with van der Waals surface area (Å²) in [5.74, 6) is -0.318. The number of hydrogen-bond donors (Lipinski definition) is 2. The predicted molar refractivity (Wildman–Crippen MR) is 76.3 cm³/mol. The minimum atomic E-state index is -0.452. The van der Waals surface area contributed by atoms with E-state index in [1.807, 2.05) is 0 Å². The molecule has 0 fully saturated rings. The minimum absolute atomic E-state index is 0.180. The van der Waals surface area contributed by atoms with E-state index >= 15 is 0 Å². The predicted octanol–water partition coefficient (Wildman–Crippen LogP) is 4.28. The highest BCUT2D eigenvalue weighted by Gasteiger charge is 2.17. The second-order valence-corrected chi connectivity index (χ2v) is 4.84. The van der Waals surface area contributed by atoms with E-state index in [4.69, 9.17) is 23.2 Å². The zero-order valence-corrected chi connectivity index (χ0v) is 11.4. The molecule has 0 bridgehead atoms. The summed E-state index contributed by atoms with van der Waals surface area (Å²) in [7, 11) is 0. The zero-order valence-electron chi connectivity index (χ0n) is 9.91. The van der Waals surface area contributed by atoms with Gasteiger partial charge in [0.05, 0.1) is 12.6 Å². The van der Waals surface area contributed by atoms with Crippen LogP contribution in [0.25, 0.3) is 0 Å². The molecule has 0 amide bonds. The van der Waals surface area contributed by atoms with Crippen molar-refractivity contribution in [3.8, 4) is 0 Å². The van der Waals surface area contributed by atoms with E-state index in [9.17, 15) is 9.50 Å². The molecule has 100 valence electrons. The Kier molecular flexibility index (Phi) is 4.64. The normalized spacial score (nSPS) is 12.2. The summed E-state index contributed by atoms with van der Waals surface area (Å²) in [5, 5.41) is 13.5. The average molecular weight is 300 g/mol. The molecule has 0 spiro atoms. The molecule has 1 unspecified atom stereocenters. The van der Waals surface area contributed by atoms with Gasteiger partial charge in [0.1, 0.15) is 5.82 Å². The van der Waals surface area contributed by atoms with Crippen LogP contribution in [-0.2, 0) is 0 Å². The van der Waals surface area contributed by atoms with Crippen LogP contribution >= 0.6 is 23.2 Å². The van der Waals surface area contributed by atoms with Gasteiger partial charge >= 0.3 is 0 Å². The Balaban J connectivity index is 2.27. The topological polar surface area (TPSA) is 32.3 Å². The van der Waals surface area contributed by atoms with Crippen LogP contribution in [0, 0.1) is 5.82 Å². The van der Waals surface area contributed by atoms with E-state index in [-0.39, 0.29) is 12.4 Å². The summed E-state index contributed by atoms with van der Waals surface area (Å²) >= 11 is 12.2. The van der Waals surface area contributed by atoms with Gasteiger partial charge in [0, 0.05) is 21.3 Å². The van der Waals surface area contributed by atoms with Crippen LogP contribution in [0.1, 0.15) is 11.6 Å². The molecule has 0 radical (unpaired) electrons. The van der Waals surface area contributed by atoms with Crippen molar-refractivity contribution < 1.29 is 9.50 Å². The molecule has 0 aliphatic rings. The fraction of sp³-hybridized carbons (Fsp3) is 0.143. The quantitative estimate of drug-likeness (QED) is 0.883. The van der Waals surface area contributed by atoms with Crippen molar-refractivity contribution in [1.29, 1.82) is 0 Å². The fourth-order valence-electron chi connectivity index (χ4n) is 1.80. The van der Waals surface area contributed by atoms with Gasteiger partial charge in [-0.2, -0.15) is 0 Å². The first kappa shape index (κ1) is 14.1. The van der Waals surface area contributed by atoms with Crippen molar-refractivity contribution >= 4 is 28.9 Å². The summed E-state index contributed by atoms with van der Waals surface area (Å²) < 4.78 is 12.8. The minimum Gasteiger partial charge on any atom is -0.394 e. The van der Waals surface area contributed by atoms with Gasteiger partial charge < -0.3 is 10.4 Å². The van der Waals surface area contributed by atoms with Gasteiger partial charge in [-0.25, -0.2) is 4.39 Å². The third kappa shape index (κ3) is 3.38. The summed E-state index contributed by atoms with van der Waals surface area (Å²) in [5.41, 5.74) is 1.30. The van der Waals surface area contributed by atoms with Crippen LogP contribution in [0.15, 0.2) is 42.5 Å². The van der Waals surface area contributed by atoms with Crippen molar-refractivity contribution in [3.05, 3.63) is 63.9 Å². The smallest absolute Gasteiger partial charge is 0.123 e. The molecule has 0 aliphatic heterocycles. The van der Waals surface area contributed by atoms with Gasteiger partial charge in [0.2, 0.25) is 0 Å². The monoisotopic (exact) mass is 299 g/mol. The summed E-state index contributed by atoms with van der Waals surface area (Å²) in [6.07, 6.45) is 0. The third-order valence-electron chi connectivity index (χ3n) is 2.72. The number of aliphatic hydroxyl groups is 1. The molecule has 2 aromatic carbocycles. The van der Waals surface area contributed by atoms with Crippen LogP contribution < -0.4 is 5.32 Å². The molecule has 2 nitrogen and oxygen atoms in total. The standard InChI is InChI=1S/C14H12Cl2FNO/c15-11-2-1-3-12(16)14(11)13(8-19)18-10-6-4-9(17)5-7-10/h1-7,13,18-19H,8H2. The lowest BCUT2D eigenvalue weighted by atomic mass is 10.1. The molecule has 0 saturated carbocycles.